The highest BCUT2D eigenvalue weighted by atomic mass is 16.3. The van der Waals surface area contributed by atoms with Gasteiger partial charge in [0.05, 0.1) is 0 Å². The van der Waals surface area contributed by atoms with E-state index >= 15 is 0 Å². The topological polar surface area (TPSA) is 40.5 Å². The van der Waals surface area contributed by atoms with Gasteiger partial charge in [0.1, 0.15) is 11.4 Å². The Morgan fingerprint density at radius 2 is 2.06 bits per heavy atom. The molecular weight excluding hydrogens is 200 g/mol. The first-order chi connectivity index (χ1) is 7.65. The predicted octanol–water partition coefficient (Wildman–Crippen LogP) is 2.88. The minimum Gasteiger partial charge on any atom is -0.508 e. The maximum atomic E-state index is 10.4. The maximum Gasteiger partial charge on any atom is 0.122 e. The Labute approximate surface area is 95.6 Å². The van der Waals surface area contributed by atoms with E-state index in [1.165, 1.54) is 5.57 Å². The molecule has 16 heavy (non-hydrogen) atoms. The molecule has 1 aliphatic rings. The van der Waals surface area contributed by atoms with E-state index in [1.807, 2.05) is 18.2 Å². The summed E-state index contributed by atoms with van der Waals surface area (Å²) in [4.78, 5) is 0. The molecule has 0 saturated carbocycles. The molecule has 0 amide bonds. The maximum absolute atomic E-state index is 10.4. The summed E-state index contributed by atoms with van der Waals surface area (Å²) in [6.07, 6.45) is 7.20. The fraction of sp³-hybridized carbons (Fsp3) is 0.286. The summed E-state index contributed by atoms with van der Waals surface area (Å²) in [5.74, 6) is 0.142. The summed E-state index contributed by atoms with van der Waals surface area (Å²) in [6, 6.07) is 6.92. The van der Waals surface area contributed by atoms with Crippen LogP contribution in [0.2, 0.25) is 0 Å². The quantitative estimate of drug-likeness (QED) is 0.798. The van der Waals surface area contributed by atoms with Gasteiger partial charge in [-0.15, -0.1) is 0 Å². The van der Waals surface area contributed by atoms with Gasteiger partial charge in [-0.25, -0.2) is 0 Å². The van der Waals surface area contributed by atoms with Crippen LogP contribution in [-0.2, 0) is 5.60 Å². The lowest BCUT2D eigenvalue weighted by Gasteiger charge is -2.27. The number of benzene rings is 1. The molecule has 1 aromatic rings. The van der Waals surface area contributed by atoms with E-state index in [-0.39, 0.29) is 5.75 Å². The summed E-state index contributed by atoms with van der Waals surface area (Å²) in [7, 11) is 0. The first kappa shape index (κ1) is 11.0. The van der Waals surface area contributed by atoms with Crippen LogP contribution in [0.5, 0.6) is 5.75 Å². The largest absolute Gasteiger partial charge is 0.508 e. The average Bonchev–Trinajstić information content (AvgIpc) is 2.30. The minimum absolute atomic E-state index is 0.142. The monoisotopic (exact) mass is 216 g/mol. The van der Waals surface area contributed by atoms with Gasteiger partial charge in [-0.05, 0) is 18.6 Å². The smallest absolute Gasteiger partial charge is 0.122 e. The Morgan fingerprint density at radius 3 is 2.62 bits per heavy atom. The summed E-state index contributed by atoms with van der Waals surface area (Å²) in [5.41, 5.74) is 0.724. The van der Waals surface area contributed by atoms with Gasteiger partial charge in [0.2, 0.25) is 0 Å². The van der Waals surface area contributed by atoms with Crippen LogP contribution >= 0.6 is 0 Å². The van der Waals surface area contributed by atoms with Crippen molar-refractivity contribution in [2.45, 2.75) is 25.4 Å². The molecule has 2 nitrogen and oxygen atoms in total. The number of hydrogen-bond donors (Lipinski definition) is 2. The van der Waals surface area contributed by atoms with Crippen LogP contribution in [0.1, 0.15) is 25.3 Å². The van der Waals surface area contributed by atoms with Gasteiger partial charge in [-0.1, -0.05) is 42.8 Å². The zero-order valence-corrected chi connectivity index (χ0v) is 9.35. The summed E-state index contributed by atoms with van der Waals surface area (Å²) < 4.78 is 0. The minimum atomic E-state index is -1.07. The summed E-state index contributed by atoms with van der Waals surface area (Å²) in [5, 5.41) is 20.2. The van der Waals surface area contributed by atoms with Crippen molar-refractivity contribution < 1.29 is 10.2 Å². The molecule has 1 aromatic carbocycles. The lowest BCUT2D eigenvalue weighted by atomic mass is 9.84. The Balaban J connectivity index is 2.33. The van der Waals surface area contributed by atoms with Crippen LogP contribution < -0.4 is 0 Å². The van der Waals surface area contributed by atoms with Crippen LogP contribution in [0.15, 0.2) is 48.1 Å². The van der Waals surface area contributed by atoms with E-state index in [0.717, 1.165) is 6.42 Å². The van der Waals surface area contributed by atoms with Crippen molar-refractivity contribution in [3.8, 4) is 5.75 Å². The molecule has 2 rings (SSSR count). The van der Waals surface area contributed by atoms with Gasteiger partial charge >= 0.3 is 0 Å². The number of para-hydroxylation sites is 1. The molecule has 0 saturated heterocycles. The normalized spacial score (nSPS) is 24.2. The third-order valence-corrected chi connectivity index (χ3v) is 3.03. The van der Waals surface area contributed by atoms with E-state index in [4.69, 9.17) is 0 Å². The number of aromatic hydroxyl groups is 1. The first-order valence-electron chi connectivity index (χ1n) is 5.55. The molecule has 0 radical (unpaired) electrons. The highest BCUT2D eigenvalue weighted by molar-refractivity contribution is 5.43. The molecule has 84 valence electrons. The van der Waals surface area contributed by atoms with Crippen molar-refractivity contribution >= 4 is 0 Å². The molecule has 0 spiro atoms. The van der Waals surface area contributed by atoms with Gasteiger partial charge in [-0.2, -0.15) is 0 Å². The summed E-state index contributed by atoms with van der Waals surface area (Å²) >= 11 is 0. The molecule has 0 aliphatic heterocycles. The first-order valence-corrected chi connectivity index (χ1v) is 5.55. The Kier molecular flexibility index (Phi) is 2.84. The standard InChI is InChI=1S/C14H16O2/c1-2-11-7-9-14(16,10-8-11)12-5-3-4-6-13(12)15/h3-9,15-16H,2,10H2,1H3. The van der Waals surface area contributed by atoms with Gasteiger partial charge < -0.3 is 10.2 Å². The fourth-order valence-corrected chi connectivity index (χ4v) is 1.97. The Morgan fingerprint density at radius 1 is 1.31 bits per heavy atom. The van der Waals surface area contributed by atoms with Crippen LogP contribution in [0.3, 0.4) is 0 Å². The van der Waals surface area contributed by atoms with Gasteiger partial charge in [0.25, 0.3) is 0 Å². The van der Waals surface area contributed by atoms with Crippen LogP contribution in [-0.4, -0.2) is 10.2 Å². The molecule has 0 fully saturated rings. The average molecular weight is 216 g/mol. The number of phenolic OH excluding ortho intramolecular Hbond substituents is 1. The second-order valence-corrected chi connectivity index (χ2v) is 4.11. The molecule has 2 N–H and O–H groups in total. The SMILES string of the molecule is CCC1=CCC(O)(c2ccccc2O)C=C1. The number of allylic oxidation sites excluding steroid dienone is 2. The van der Waals surface area contributed by atoms with Crippen molar-refractivity contribution in [2.75, 3.05) is 0 Å². The number of aliphatic hydroxyl groups is 1. The van der Waals surface area contributed by atoms with Crippen LogP contribution in [0.4, 0.5) is 0 Å². The van der Waals surface area contributed by atoms with Crippen molar-refractivity contribution in [1.82, 2.24) is 0 Å². The zero-order valence-electron chi connectivity index (χ0n) is 9.35. The predicted molar refractivity (Wildman–Crippen MR) is 64.1 cm³/mol. The Hall–Kier alpha value is -1.54. The van der Waals surface area contributed by atoms with E-state index in [9.17, 15) is 10.2 Å². The molecule has 0 bridgehead atoms. The van der Waals surface area contributed by atoms with Crippen molar-refractivity contribution in [1.29, 1.82) is 0 Å². The molecule has 0 aromatic heterocycles. The third kappa shape index (κ3) is 1.89. The molecular formula is C14H16O2. The fourth-order valence-electron chi connectivity index (χ4n) is 1.97. The highest BCUT2D eigenvalue weighted by Crippen LogP contribution is 2.36. The van der Waals surface area contributed by atoms with Crippen molar-refractivity contribution in [2.24, 2.45) is 0 Å². The molecule has 2 heteroatoms. The van der Waals surface area contributed by atoms with E-state index in [2.05, 4.69) is 6.92 Å². The molecule has 0 heterocycles. The summed E-state index contributed by atoms with van der Waals surface area (Å²) in [6.45, 7) is 2.08. The number of rotatable bonds is 2. The molecule has 1 unspecified atom stereocenters. The second-order valence-electron chi connectivity index (χ2n) is 4.11. The van der Waals surface area contributed by atoms with Gasteiger partial charge in [0, 0.05) is 12.0 Å². The third-order valence-electron chi connectivity index (χ3n) is 3.03. The number of phenols is 1. The van der Waals surface area contributed by atoms with Crippen molar-refractivity contribution in [3.05, 3.63) is 53.6 Å². The zero-order chi connectivity index (χ0) is 11.6. The van der Waals surface area contributed by atoms with Crippen molar-refractivity contribution in [3.63, 3.8) is 0 Å². The van der Waals surface area contributed by atoms with E-state index < -0.39 is 5.60 Å². The molecule has 1 atom stereocenters. The van der Waals surface area contributed by atoms with E-state index in [0.29, 0.717) is 12.0 Å². The van der Waals surface area contributed by atoms with Crippen LogP contribution in [0.25, 0.3) is 0 Å². The lowest BCUT2D eigenvalue weighted by molar-refractivity contribution is 0.0882. The Bertz CT molecular complexity index is 446. The van der Waals surface area contributed by atoms with E-state index in [1.54, 1.807) is 24.3 Å². The van der Waals surface area contributed by atoms with Gasteiger partial charge in [0.15, 0.2) is 0 Å². The molecule has 1 aliphatic carbocycles. The van der Waals surface area contributed by atoms with Crippen LogP contribution in [0, 0.1) is 0 Å². The lowest BCUT2D eigenvalue weighted by Crippen LogP contribution is -2.24. The highest BCUT2D eigenvalue weighted by Gasteiger charge is 2.29. The number of hydrogen-bond acceptors (Lipinski definition) is 2. The second kappa shape index (κ2) is 4.14. The van der Waals surface area contributed by atoms with Gasteiger partial charge in [-0.3, -0.25) is 0 Å².